The van der Waals surface area contributed by atoms with E-state index in [1.807, 2.05) is 0 Å². The van der Waals surface area contributed by atoms with Gasteiger partial charge in [-0.25, -0.2) is 9.78 Å². The molecule has 0 unspecified atom stereocenters. The predicted molar refractivity (Wildman–Crippen MR) is 114 cm³/mol. The van der Waals surface area contributed by atoms with Gasteiger partial charge in [0.1, 0.15) is 5.58 Å². The maximum atomic E-state index is 13.3. The van der Waals surface area contributed by atoms with Crippen LogP contribution in [0.4, 0.5) is 14.9 Å². The molecular weight excluding hydrogens is 423 g/mol. The first-order chi connectivity index (χ1) is 14.9. The highest BCUT2D eigenvalue weighted by atomic mass is 35.5. The number of rotatable bonds is 3. The Balaban J connectivity index is 1.52. The van der Waals surface area contributed by atoms with E-state index >= 15 is 0 Å². The highest BCUT2D eigenvalue weighted by Gasteiger charge is 2.43. The van der Waals surface area contributed by atoms with Crippen molar-refractivity contribution in [3.05, 3.63) is 58.3 Å². The number of aromatic nitrogens is 1. The van der Waals surface area contributed by atoms with Crippen molar-refractivity contribution in [3.8, 4) is 0 Å². The van der Waals surface area contributed by atoms with Crippen LogP contribution in [0.5, 0.6) is 0 Å². The minimum atomic E-state index is -0.607. The van der Waals surface area contributed by atoms with E-state index in [-0.39, 0.29) is 18.3 Å². The Labute approximate surface area is 182 Å². The first-order valence-corrected chi connectivity index (χ1v) is 10.6. The Bertz CT molecular complexity index is 1200. The van der Waals surface area contributed by atoms with Crippen LogP contribution >= 0.6 is 11.6 Å². The summed E-state index contributed by atoms with van der Waals surface area (Å²) >= 11 is 6.51. The molecule has 9 heteroatoms. The lowest BCUT2D eigenvalue weighted by atomic mass is 9.74. The number of anilines is 1. The van der Waals surface area contributed by atoms with Gasteiger partial charge >= 0.3 is 6.03 Å². The second-order valence-electron chi connectivity index (χ2n) is 7.99. The topological polar surface area (TPSA) is 96.3 Å². The van der Waals surface area contributed by atoms with Gasteiger partial charge in [0.05, 0.1) is 28.5 Å². The number of pyridine rings is 1. The first-order valence-electron chi connectivity index (χ1n) is 10.2. The van der Waals surface area contributed by atoms with Crippen LogP contribution in [0, 0.1) is 5.95 Å². The molecule has 2 aliphatic rings. The van der Waals surface area contributed by atoms with Crippen LogP contribution in [0.3, 0.4) is 0 Å². The highest BCUT2D eigenvalue weighted by molar-refractivity contribution is 6.35. The molecule has 1 saturated carbocycles. The molecule has 3 N–H and O–H groups in total. The summed E-state index contributed by atoms with van der Waals surface area (Å²) in [6.07, 6.45) is 4.60. The normalized spacial score (nSPS) is 17.2. The number of hydrogen-bond donors (Lipinski definition) is 3. The van der Waals surface area contributed by atoms with E-state index in [2.05, 4.69) is 20.9 Å². The lowest BCUT2D eigenvalue weighted by molar-refractivity contribution is 0.0924. The zero-order valence-electron chi connectivity index (χ0n) is 16.6. The van der Waals surface area contributed by atoms with E-state index in [0.29, 0.717) is 27.4 Å². The third kappa shape index (κ3) is 3.50. The number of nitrogens with zero attached hydrogens (tertiary/aromatic N) is 1. The summed E-state index contributed by atoms with van der Waals surface area (Å²) < 4.78 is 19.3. The lowest BCUT2D eigenvalue weighted by Gasteiger charge is -2.42. The molecule has 31 heavy (non-hydrogen) atoms. The molecule has 5 rings (SSSR count). The van der Waals surface area contributed by atoms with Crippen LogP contribution in [0.15, 0.2) is 34.7 Å². The van der Waals surface area contributed by atoms with Crippen molar-refractivity contribution in [1.29, 1.82) is 0 Å². The second-order valence-corrected chi connectivity index (χ2v) is 8.40. The average Bonchev–Trinajstić information content (AvgIpc) is 3.16. The Morgan fingerprint density at radius 1 is 1.26 bits per heavy atom. The van der Waals surface area contributed by atoms with Gasteiger partial charge in [-0.05, 0) is 37.1 Å². The predicted octanol–water partition coefficient (Wildman–Crippen LogP) is 4.84. The molecule has 3 heterocycles. The Morgan fingerprint density at radius 3 is 2.84 bits per heavy atom. The number of nitrogens with one attached hydrogen (secondary N) is 3. The van der Waals surface area contributed by atoms with Crippen LogP contribution in [-0.2, 0) is 12.1 Å². The lowest BCUT2D eigenvalue weighted by Crippen LogP contribution is -2.52. The van der Waals surface area contributed by atoms with Crippen LogP contribution < -0.4 is 16.0 Å². The van der Waals surface area contributed by atoms with Crippen molar-refractivity contribution in [2.45, 2.75) is 44.2 Å². The number of amides is 3. The Morgan fingerprint density at radius 2 is 2.06 bits per heavy atom. The molecule has 3 amide bonds. The minimum absolute atomic E-state index is 0.0635. The SMILES string of the molecule is O=C1Nc2c(Cl)cc3cc(C(=O)NCc4cccc(F)n4)oc3c2C2(CCCCC2)N1. The van der Waals surface area contributed by atoms with E-state index in [1.54, 1.807) is 18.2 Å². The summed E-state index contributed by atoms with van der Waals surface area (Å²) in [5.41, 5.74) is 1.68. The van der Waals surface area contributed by atoms with Crippen LogP contribution in [0.2, 0.25) is 5.02 Å². The molecule has 0 atom stereocenters. The highest BCUT2D eigenvalue weighted by Crippen LogP contribution is 2.48. The van der Waals surface area contributed by atoms with Crippen molar-refractivity contribution < 1.29 is 18.4 Å². The summed E-state index contributed by atoms with van der Waals surface area (Å²) in [5.74, 6) is -0.944. The first kappa shape index (κ1) is 19.8. The summed E-state index contributed by atoms with van der Waals surface area (Å²) in [6, 6.07) is 7.42. The molecule has 0 saturated heterocycles. The number of urea groups is 1. The average molecular weight is 443 g/mol. The summed E-state index contributed by atoms with van der Waals surface area (Å²) in [7, 11) is 0. The van der Waals surface area contributed by atoms with Gasteiger partial charge in [-0.3, -0.25) is 4.79 Å². The second kappa shape index (κ2) is 7.53. The third-order valence-corrected chi connectivity index (χ3v) is 6.26. The van der Waals surface area contributed by atoms with Gasteiger partial charge in [-0.15, -0.1) is 0 Å². The largest absolute Gasteiger partial charge is 0.450 e. The van der Waals surface area contributed by atoms with E-state index in [9.17, 15) is 14.0 Å². The number of carbonyl (C=O) groups is 2. The van der Waals surface area contributed by atoms with Crippen molar-refractivity contribution in [1.82, 2.24) is 15.6 Å². The molecule has 1 aliphatic heterocycles. The van der Waals surface area contributed by atoms with Crippen molar-refractivity contribution in [2.24, 2.45) is 0 Å². The smallest absolute Gasteiger partial charge is 0.319 e. The monoisotopic (exact) mass is 442 g/mol. The van der Waals surface area contributed by atoms with Gasteiger partial charge < -0.3 is 20.4 Å². The number of fused-ring (bicyclic) bond motifs is 4. The van der Waals surface area contributed by atoms with Gasteiger partial charge in [0, 0.05) is 10.9 Å². The molecule has 0 bridgehead atoms. The fourth-order valence-electron chi connectivity index (χ4n) is 4.60. The zero-order chi connectivity index (χ0) is 21.6. The Hall–Kier alpha value is -3.13. The van der Waals surface area contributed by atoms with Crippen LogP contribution in [0.25, 0.3) is 11.0 Å². The van der Waals surface area contributed by atoms with Crippen molar-refractivity contribution >= 4 is 40.2 Å². The third-order valence-electron chi connectivity index (χ3n) is 5.96. The van der Waals surface area contributed by atoms with Crippen molar-refractivity contribution in [3.63, 3.8) is 0 Å². The Kier molecular flexibility index (Phi) is 4.81. The number of halogens is 2. The molecule has 2 aromatic heterocycles. The number of hydrogen-bond acceptors (Lipinski definition) is 4. The van der Waals surface area contributed by atoms with Crippen molar-refractivity contribution in [2.75, 3.05) is 5.32 Å². The fraction of sp³-hybridized carbons (Fsp3) is 0.318. The van der Waals surface area contributed by atoms with E-state index in [0.717, 1.165) is 37.7 Å². The van der Waals surface area contributed by atoms with Gasteiger partial charge in [0.25, 0.3) is 5.91 Å². The minimum Gasteiger partial charge on any atom is -0.450 e. The fourth-order valence-corrected chi connectivity index (χ4v) is 4.86. The maximum Gasteiger partial charge on any atom is 0.319 e. The molecule has 3 aromatic rings. The van der Waals surface area contributed by atoms with Crippen LogP contribution in [0.1, 0.15) is 53.9 Å². The summed E-state index contributed by atoms with van der Waals surface area (Å²) in [4.78, 5) is 28.8. The molecule has 1 spiro atoms. The zero-order valence-corrected chi connectivity index (χ0v) is 17.3. The standard InChI is InChI=1S/C22H20ClFN4O3/c23-14-9-12-10-15(20(29)25-11-13-5-4-6-16(24)26-13)31-19(12)17-18(14)27-21(30)28-22(17)7-2-1-3-8-22/h4-6,9-10H,1-3,7-8,11H2,(H,25,29)(H2,27,28,30). The molecule has 1 fully saturated rings. The number of carbonyl (C=O) groups excluding carboxylic acids is 2. The molecule has 7 nitrogen and oxygen atoms in total. The van der Waals surface area contributed by atoms with E-state index in [4.69, 9.17) is 16.0 Å². The van der Waals surface area contributed by atoms with E-state index in [1.165, 1.54) is 12.1 Å². The molecule has 1 aliphatic carbocycles. The van der Waals surface area contributed by atoms with Gasteiger partial charge in [-0.1, -0.05) is 36.9 Å². The molecule has 1 aromatic carbocycles. The number of furan rings is 1. The maximum absolute atomic E-state index is 13.3. The quantitative estimate of drug-likeness (QED) is 0.505. The molecule has 0 radical (unpaired) electrons. The van der Waals surface area contributed by atoms with E-state index < -0.39 is 17.4 Å². The van der Waals surface area contributed by atoms with Gasteiger partial charge in [-0.2, -0.15) is 4.39 Å². The number of benzene rings is 1. The summed E-state index contributed by atoms with van der Waals surface area (Å²) in [5, 5.41) is 9.66. The van der Waals surface area contributed by atoms with Gasteiger partial charge in [0.15, 0.2) is 5.76 Å². The molecule has 160 valence electrons. The van der Waals surface area contributed by atoms with Crippen LogP contribution in [-0.4, -0.2) is 16.9 Å². The van der Waals surface area contributed by atoms with Gasteiger partial charge in [0.2, 0.25) is 5.95 Å². The summed E-state index contributed by atoms with van der Waals surface area (Å²) in [6.45, 7) is 0.0635. The molecular formula is C22H20ClFN4O3.